The van der Waals surface area contributed by atoms with Gasteiger partial charge in [0.2, 0.25) is 0 Å². The van der Waals surface area contributed by atoms with E-state index in [4.69, 9.17) is 5.11 Å². The summed E-state index contributed by atoms with van der Waals surface area (Å²) in [5.74, 6) is 0. The van der Waals surface area contributed by atoms with Gasteiger partial charge in [0.1, 0.15) is 0 Å². The summed E-state index contributed by atoms with van der Waals surface area (Å²) >= 11 is 4.57. The van der Waals surface area contributed by atoms with Crippen LogP contribution in [0.15, 0.2) is 0 Å². The Morgan fingerprint density at radius 3 is 2.00 bits per heavy atom. The molecule has 6 heavy (non-hydrogen) atoms. The van der Waals surface area contributed by atoms with Crippen molar-refractivity contribution in [2.75, 3.05) is 0 Å². The smallest absolute Gasteiger partial charge is 0.0821 e. The Labute approximate surface area is 43.0 Å². The summed E-state index contributed by atoms with van der Waals surface area (Å²) in [7, 11) is 0. The summed E-state index contributed by atoms with van der Waals surface area (Å²) < 4.78 is 0. The van der Waals surface area contributed by atoms with Crippen LogP contribution < -0.4 is 0 Å². The van der Waals surface area contributed by atoms with Crippen molar-refractivity contribution in [3.63, 3.8) is 0 Å². The van der Waals surface area contributed by atoms with E-state index in [0.717, 1.165) is 0 Å². The average molecular weight is 104 g/mol. The summed E-state index contributed by atoms with van der Waals surface area (Å²) in [6.45, 7) is 3.38. The van der Waals surface area contributed by atoms with Crippen LogP contribution in [-0.2, 0) is 0 Å². The molecule has 0 aromatic carbocycles. The second-order valence-electron chi connectivity index (χ2n) is 1.29. The van der Waals surface area contributed by atoms with Gasteiger partial charge in [0.05, 0.1) is 6.10 Å². The third kappa shape index (κ3) is 2.30. The molecule has 2 heteroatoms. The number of thiocarbonyl (C=S) groups is 1. The van der Waals surface area contributed by atoms with Gasteiger partial charge < -0.3 is 5.11 Å². The van der Waals surface area contributed by atoms with E-state index in [9.17, 15) is 0 Å². The highest BCUT2D eigenvalue weighted by Crippen LogP contribution is 1.81. The molecule has 1 nitrogen and oxygen atoms in total. The van der Waals surface area contributed by atoms with Gasteiger partial charge in [-0.1, -0.05) is 12.2 Å². The summed E-state index contributed by atoms with van der Waals surface area (Å²) in [6, 6.07) is 0. The highest BCUT2D eigenvalue weighted by molar-refractivity contribution is 7.80. The number of aliphatic hydroxyl groups is 1. The fourth-order valence-corrected chi connectivity index (χ4v) is 0. The molecular weight excluding hydrogens is 96.1 g/mol. The van der Waals surface area contributed by atoms with Gasteiger partial charge in [0.15, 0.2) is 0 Å². The highest BCUT2D eigenvalue weighted by Gasteiger charge is 1.92. The first-order valence-electron chi connectivity index (χ1n) is 1.83. The van der Waals surface area contributed by atoms with Crippen molar-refractivity contribution in [1.82, 2.24) is 0 Å². The Morgan fingerprint density at radius 2 is 2.00 bits per heavy atom. The first kappa shape index (κ1) is 6.05. The predicted molar refractivity (Wildman–Crippen MR) is 30.0 cm³/mol. The van der Waals surface area contributed by atoms with E-state index in [1.54, 1.807) is 13.8 Å². The van der Waals surface area contributed by atoms with Crippen LogP contribution in [0, 0.1) is 0 Å². The van der Waals surface area contributed by atoms with Crippen LogP contribution in [-0.4, -0.2) is 16.1 Å². The van der Waals surface area contributed by atoms with Crippen LogP contribution >= 0.6 is 12.2 Å². The molecule has 0 spiro atoms. The second kappa shape index (κ2) is 2.26. The van der Waals surface area contributed by atoms with Gasteiger partial charge >= 0.3 is 0 Å². The molecule has 0 aliphatic heterocycles. The predicted octanol–water partition coefficient (Wildman–Crippen LogP) is 0.757. The maximum absolute atomic E-state index is 8.49. The molecule has 0 amide bonds. The molecule has 0 fully saturated rings. The third-order valence-electron chi connectivity index (χ3n) is 0.588. The zero-order chi connectivity index (χ0) is 5.15. The molecule has 0 saturated carbocycles. The zero-order valence-electron chi connectivity index (χ0n) is 3.93. The average Bonchev–Trinajstić information content (AvgIpc) is 1.36. The van der Waals surface area contributed by atoms with E-state index >= 15 is 0 Å². The molecule has 1 unspecified atom stereocenters. The molecule has 0 rings (SSSR count). The lowest BCUT2D eigenvalue weighted by Gasteiger charge is -1.94. The number of hydrogen-bond donors (Lipinski definition) is 1. The van der Waals surface area contributed by atoms with Gasteiger partial charge in [-0.25, -0.2) is 0 Å². The van der Waals surface area contributed by atoms with E-state index in [-0.39, 0.29) is 0 Å². The Morgan fingerprint density at radius 1 is 1.83 bits per heavy atom. The SMILES string of the molecule is CC(=S)C(C)O. The summed E-state index contributed by atoms with van der Waals surface area (Å²) in [4.78, 5) is 0.648. The normalized spacial score (nSPS) is 13.8. The summed E-state index contributed by atoms with van der Waals surface area (Å²) in [5.41, 5.74) is 0. The largest absolute Gasteiger partial charge is 0.388 e. The summed E-state index contributed by atoms with van der Waals surface area (Å²) in [5, 5.41) is 8.49. The van der Waals surface area contributed by atoms with Gasteiger partial charge in [-0.15, -0.1) is 0 Å². The van der Waals surface area contributed by atoms with Crippen molar-refractivity contribution >= 4 is 17.1 Å². The van der Waals surface area contributed by atoms with Gasteiger partial charge in [0.25, 0.3) is 0 Å². The van der Waals surface area contributed by atoms with Crippen molar-refractivity contribution in [2.24, 2.45) is 0 Å². The van der Waals surface area contributed by atoms with Crippen LogP contribution in [0.4, 0.5) is 0 Å². The molecule has 36 valence electrons. The van der Waals surface area contributed by atoms with E-state index < -0.39 is 6.10 Å². The Balaban J connectivity index is 3.26. The maximum Gasteiger partial charge on any atom is 0.0821 e. The number of hydrogen-bond acceptors (Lipinski definition) is 2. The van der Waals surface area contributed by atoms with Gasteiger partial charge in [-0.3, -0.25) is 0 Å². The summed E-state index contributed by atoms with van der Waals surface area (Å²) in [6.07, 6.45) is -0.417. The highest BCUT2D eigenvalue weighted by atomic mass is 32.1. The molecule has 1 N–H and O–H groups in total. The van der Waals surface area contributed by atoms with Gasteiger partial charge in [0, 0.05) is 4.86 Å². The molecule has 0 aliphatic carbocycles. The van der Waals surface area contributed by atoms with Crippen LogP contribution in [0.3, 0.4) is 0 Å². The topological polar surface area (TPSA) is 20.2 Å². The maximum atomic E-state index is 8.49. The van der Waals surface area contributed by atoms with Crippen molar-refractivity contribution < 1.29 is 5.11 Å². The molecule has 0 saturated heterocycles. The molecular formula is C4H8OS. The van der Waals surface area contributed by atoms with Crippen LogP contribution in [0.25, 0.3) is 0 Å². The minimum Gasteiger partial charge on any atom is -0.388 e. The fraction of sp³-hybridized carbons (Fsp3) is 0.750. The third-order valence-corrected chi connectivity index (χ3v) is 0.929. The van der Waals surface area contributed by atoms with Crippen molar-refractivity contribution in [1.29, 1.82) is 0 Å². The van der Waals surface area contributed by atoms with E-state index in [2.05, 4.69) is 12.2 Å². The van der Waals surface area contributed by atoms with Crippen molar-refractivity contribution in [3.8, 4) is 0 Å². The Kier molecular flexibility index (Phi) is 2.28. The first-order valence-corrected chi connectivity index (χ1v) is 2.24. The van der Waals surface area contributed by atoms with Crippen LogP contribution in [0.2, 0.25) is 0 Å². The van der Waals surface area contributed by atoms with Gasteiger partial charge in [-0.05, 0) is 13.8 Å². The molecule has 0 aromatic heterocycles. The molecule has 0 heterocycles. The molecule has 0 bridgehead atoms. The van der Waals surface area contributed by atoms with E-state index in [1.807, 2.05) is 0 Å². The van der Waals surface area contributed by atoms with Gasteiger partial charge in [-0.2, -0.15) is 0 Å². The van der Waals surface area contributed by atoms with Crippen molar-refractivity contribution in [2.45, 2.75) is 20.0 Å². The van der Waals surface area contributed by atoms with E-state index in [1.165, 1.54) is 0 Å². The zero-order valence-corrected chi connectivity index (χ0v) is 4.75. The quantitative estimate of drug-likeness (QED) is 0.495. The Hall–Kier alpha value is 0.0500. The minimum atomic E-state index is -0.417. The lowest BCUT2D eigenvalue weighted by molar-refractivity contribution is 0.264. The second-order valence-corrected chi connectivity index (χ2v) is 1.93. The fourth-order valence-electron chi connectivity index (χ4n) is 0. The Bertz CT molecular complexity index is 58.6. The molecule has 0 aromatic rings. The molecule has 1 atom stereocenters. The lowest BCUT2D eigenvalue weighted by Crippen LogP contribution is -2.07. The van der Waals surface area contributed by atoms with Crippen LogP contribution in [0.5, 0.6) is 0 Å². The molecule has 0 radical (unpaired) electrons. The first-order chi connectivity index (χ1) is 2.64. The monoisotopic (exact) mass is 104 g/mol. The minimum absolute atomic E-state index is 0.417. The number of rotatable bonds is 1. The van der Waals surface area contributed by atoms with E-state index in [0.29, 0.717) is 4.86 Å². The van der Waals surface area contributed by atoms with Crippen LogP contribution in [0.1, 0.15) is 13.8 Å². The molecule has 0 aliphatic rings. The van der Waals surface area contributed by atoms with Crippen molar-refractivity contribution in [3.05, 3.63) is 0 Å². The standard InChI is InChI=1S/C4H8OS/c1-3(5)4(2)6/h3,5H,1-2H3. The lowest BCUT2D eigenvalue weighted by atomic mass is 10.3. The number of aliphatic hydroxyl groups excluding tert-OH is 1.